The Hall–Kier alpha value is -3.59. The molecule has 1 heterocycles. The van der Waals surface area contributed by atoms with Gasteiger partial charge in [0, 0.05) is 25.1 Å². The summed E-state index contributed by atoms with van der Waals surface area (Å²) in [5.74, 6) is 0.203. The quantitative estimate of drug-likeness (QED) is 0.569. The van der Waals surface area contributed by atoms with Crippen molar-refractivity contribution in [1.82, 2.24) is 14.7 Å². The van der Waals surface area contributed by atoms with Crippen molar-refractivity contribution in [2.75, 3.05) is 26.0 Å². The number of rotatable bonds is 7. The van der Waals surface area contributed by atoms with Gasteiger partial charge in [-0.25, -0.2) is 4.68 Å². The summed E-state index contributed by atoms with van der Waals surface area (Å²) in [7, 11) is 3.32. The van der Waals surface area contributed by atoms with Gasteiger partial charge < -0.3 is 15.0 Å². The van der Waals surface area contributed by atoms with Crippen LogP contribution in [0.5, 0.6) is 5.75 Å². The van der Waals surface area contributed by atoms with Crippen molar-refractivity contribution in [3.63, 3.8) is 0 Å². The lowest BCUT2D eigenvalue weighted by Crippen LogP contribution is -2.28. The van der Waals surface area contributed by atoms with Gasteiger partial charge in [0.25, 0.3) is 16.7 Å². The first kappa shape index (κ1) is 22.1. The van der Waals surface area contributed by atoms with E-state index in [2.05, 4.69) is 10.4 Å². The fourth-order valence-corrected chi connectivity index (χ4v) is 3.27. The number of carbonyl (C=O) groups is 2. The van der Waals surface area contributed by atoms with Gasteiger partial charge in [-0.15, -0.1) is 0 Å². The molecule has 0 aliphatic carbocycles. The number of ether oxygens (including phenoxy) is 1. The fraction of sp³-hybridized carbons (Fsp3) is 0.182. The minimum atomic E-state index is -0.483. The van der Waals surface area contributed by atoms with Crippen LogP contribution < -0.4 is 15.6 Å². The molecular formula is C22H22N4O4S. The summed E-state index contributed by atoms with van der Waals surface area (Å²) in [6.07, 6.45) is 0. The van der Waals surface area contributed by atoms with Gasteiger partial charge in [-0.05, 0) is 42.1 Å². The third-order valence-corrected chi connectivity index (χ3v) is 5.23. The maximum Gasteiger partial charge on any atom is 0.286 e. The molecule has 0 fully saturated rings. The minimum absolute atomic E-state index is 0.0815. The molecule has 1 N–H and O–H groups in total. The lowest BCUT2D eigenvalue weighted by Gasteiger charge is -2.13. The predicted molar refractivity (Wildman–Crippen MR) is 120 cm³/mol. The minimum Gasteiger partial charge on any atom is -0.492 e. The zero-order valence-electron chi connectivity index (χ0n) is 17.1. The second kappa shape index (κ2) is 10.4. The lowest BCUT2D eigenvalue weighted by molar-refractivity contribution is 0.101. The Morgan fingerprint density at radius 3 is 2.48 bits per heavy atom. The van der Waals surface area contributed by atoms with E-state index >= 15 is 0 Å². The van der Waals surface area contributed by atoms with Crippen LogP contribution >= 0.6 is 11.8 Å². The molecule has 0 radical (unpaired) electrons. The molecule has 8 nitrogen and oxygen atoms in total. The first-order valence-electron chi connectivity index (χ1n) is 9.49. The van der Waals surface area contributed by atoms with E-state index in [1.54, 1.807) is 38.4 Å². The topological polar surface area (TPSA) is 93.5 Å². The summed E-state index contributed by atoms with van der Waals surface area (Å²) in [6.45, 7) is 0.423. The van der Waals surface area contributed by atoms with Gasteiger partial charge in [-0.2, -0.15) is 5.10 Å². The Morgan fingerprint density at radius 2 is 1.74 bits per heavy atom. The molecule has 0 aliphatic heterocycles. The molecule has 0 unspecified atom stereocenters. The molecule has 0 spiro atoms. The average molecular weight is 439 g/mol. The highest BCUT2D eigenvalue weighted by atomic mass is 32.2. The smallest absolute Gasteiger partial charge is 0.286 e. The van der Waals surface area contributed by atoms with Crippen molar-refractivity contribution in [2.45, 2.75) is 11.4 Å². The molecule has 2 aromatic carbocycles. The van der Waals surface area contributed by atoms with Gasteiger partial charge in [0.15, 0.2) is 0 Å². The first-order valence-corrected chi connectivity index (χ1v) is 10.3. The van der Waals surface area contributed by atoms with Gasteiger partial charge >= 0.3 is 0 Å². The molecule has 0 atom stereocenters. The normalized spacial score (nSPS) is 10.4. The van der Waals surface area contributed by atoms with Gasteiger partial charge in [0.05, 0.1) is 12.2 Å². The number of hydrogen-bond donors (Lipinski definition) is 1. The lowest BCUT2D eigenvalue weighted by atomic mass is 10.3. The van der Waals surface area contributed by atoms with Crippen molar-refractivity contribution < 1.29 is 14.3 Å². The van der Waals surface area contributed by atoms with Crippen LogP contribution in [0.2, 0.25) is 0 Å². The molecule has 160 valence electrons. The molecule has 0 bridgehead atoms. The van der Waals surface area contributed by atoms with E-state index in [-0.39, 0.29) is 29.6 Å². The van der Waals surface area contributed by atoms with Crippen LogP contribution in [0.1, 0.15) is 10.5 Å². The van der Waals surface area contributed by atoms with Crippen LogP contribution in [0.3, 0.4) is 0 Å². The zero-order valence-corrected chi connectivity index (χ0v) is 18.0. The third-order valence-electron chi connectivity index (χ3n) is 4.11. The number of nitrogens with zero attached hydrogens (tertiary/aromatic N) is 3. The highest BCUT2D eigenvalue weighted by Crippen LogP contribution is 2.28. The number of carbonyl (C=O) groups excluding carboxylic acids is 2. The maximum absolute atomic E-state index is 12.7. The van der Waals surface area contributed by atoms with Crippen LogP contribution in [-0.2, 0) is 6.54 Å². The number of thioether (sulfide) groups is 1. The van der Waals surface area contributed by atoms with E-state index in [0.717, 1.165) is 11.8 Å². The van der Waals surface area contributed by atoms with E-state index in [1.807, 2.05) is 30.3 Å². The molecular weight excluding hydrogens is 416 g/mol. The second-order valence-corrected chi connectivity index (χ2v) is 7.65. The molecule has 1 aromatic heterocycles. The molecule has 31 heavy (non-hydrogen) atoms. The number of anilines is 1. The molecule has 3 rings (SSSR count). The Bertz CT molecular complexity index is 1120. The summed E-state index contributed by atoms with van der Waals surface area (Å²) in [6, 6.07) is 18.9. The van der Waals surface area contributed by atoms with Crippen molar-refractivity contribution in [3.05, 3.63) is 82.8 Å². The number of hydrogen-bond acceptors (Lipinski definition) is 6. The number of amides is 2. The number of nitrogens with one attached hydrogen (secondary N) is 1. The van der Waals surface area contributed by atoms with Crippen molar-refractivity contribution in [3.8, 4) is 5.75 Å². The largest absolute Gasteiger partial charge is 0.492 e. The van der Waals surface area contributed by atoms with Crippen molar-refractivity contribution in [2.24, 2.45) is 0 Å². The summed E-state index contributed by atoms with van der Waals surface area (Å²) in [4.78, 5) is 38.9. The van der Waals surface area contributed by atoms with Crippen LogP contribution in [0.15, 0.2) is 76.4 Å². The second-order valence-electron chi connectivity index (χ2n) is 6.65. The van der Waals surface area contributed by atoms with Crippen molar-refractivity contribution >= 4 is 28.6 Å². The standard InChI is InChI=1S/C22H22N4O4S/c1-25(2)22(29)31-19-11-7-6-10-17(19)23-21(28)18-12-13-20(27)26(24-18)14-15-30-16-8-4-3-5-9-16/h3-13H,14-15H2,1-2H3,(H,23,28). The molecule has 0 saturated carbocycles. The van der Waals surface area contributed by atoms with Gasteiger partial charge in [-0.1, -0.05) is 30.3 Å². The predicted octanol–water partition coefficient (Wildman–Crippen LogP) is 3.35. The van der Waals surface area contributed by atoms with Crippen LogP contribution in [-0.4, -0.2) is 46.5 Å². The Balaban J connectivity index is 1.69. The first-order chi connectivity index (χ1) is 14.9. The monoisotopic (exact) mass is 438 g/mol. The number of aromatic nitrogens is 2. The van der Waals surface area contributed by atoms with Crippen LogP contribution in [0.25, 0.3) is 0 Å². The highest BCUT2D eigenvalue weighted by Gasteiger charge is 2.15. The van der Waals surface area contributed by atoms with Crippen molar-refractivity contribution in [1.29, 1.82) is 0 Å². The zero-order chi connectivity index (χ0) is 22.2. The average Bonchev–Trinajstić information content (AvgIpc) is 2.77. The van der Waals surface area contributed by atoms with E-state index in [4.69, 9.17) is 4.74 Å². The SMILES string of the molecule is CN(C)C(=O)Sc1ccccc1NC(=O)c1ccc(=O)n(CCOc2ccccc2)n1. The number of benzene rings is 2. The molecule has 9 heteroatoms. The van der Waals surface area contributed by atoms with Gasteiger partial charge in [0.2, 0.25) is 0 Å². The fourth-order valence-electron chi connectivity index (χ4n) is 2.53. The summed E-state index contributed by atoms with van der Waals surface area (Å²) in [5, 5.41) is 6.75. The van der Waals surface area contributed by atoms with E-state index in [1.165, 1.54) is 21.7 Å². The van der Waals surface area contributed by atoms with Crippen LogP contribution in [0, 0.1) is 0 Å². The highest BCUT2D eigenvalue weighted by molar-refractivity contribution is 8.13. The van der Waals surface area contributed by atoms with Gasteiger partial charge in [0.1, 0.15) is 18.1 Å². The Kier molecular flexibility index (Phi) is 7.45. The third kappa shape index (κ3) is 6.19. The number of para-hydroxylation sites is 2. The molecule has 2 amide bonds. The van der Waals surface area contributed by atoms with Crippen LogP contribution in [0.4, 0.5) is 10.5 Å². The molecule has 0 saturated heterocycles. The summed E-state index contributed by atoms with van der Waals surface area (Å²) >= 11 is 1.01. The summed E-state index contributed by atoms with van der Waals surface area (Å²) < 4.78 is 6.78. The summed E-state index contributed by atoms with van der Waals surface area (Å²) in [5.41, 5.74) is 0.235. The molecule has 3 aromatic rings. The van der Waals surface area contributed by atoms with Gasteiger partial charge in [-0.3, -0.25) is 14.4 Å². The Labute approximate surface area is 183 Å². The Morgan fingerprint density at radius 1 is 1.03 bits per heavy atom. The molecule has 0 aliphatic rings. The maximum atomic E-state index is 12.7. The van der Waals surface area contributed by atoms with E-state index < -0.39 is 5.91 Å². The van der Waals surface area contributed by atoms with E-state index in [0.29, 0.717) is 16.3 Å². The van der Waals surface area contributed by atoms with E-state index in [9.17, 15) is 14.4 Å².